The molecular formula is C18H17BrClF3N2O3S. The van der Waals surface area contributed by atoms with Crippen LogP contribution in [-0.4, -0.2) is 33.8 Å². The molecule has 29 heavy (non-hydrogen) atoms. The van der Waals surface area contributed by atoms with Gasteiger partial charge in [-0.3, -0.25) is 8.61 Å². The Morgan fingerprint density at radius 3 is 2.21 bits per heavy atom. The molecule has 11 heteroatoms. The Bertz CT molecular complexity index is 1080. The van der Waals surface area contributed by atoms with Crippen molar-refractivity contribution in [2.24, 2.45) is 0 Å². The van der Waals surface area contributed by atoms with E-state index in [-0.39, 0.29) is 22.0 Å². The van der Waals surface area contributed by atoms with Crippen molar-refractivity contribution in [3.8, 4) is 0 Å². The van der Waals surface area contributed by atoms with Crippen LogP contribution in [0, 0.1) is 0 Å². The van der Waals surface area contributed by atoms with E-state index < -0.39 is 33.5 Å². The maximum Gasteiger partial charge on any atom is 0.422 e. The Kier molecular flexibility index (Phi) is 5.39. The van der Waals surface area contributed by atoms with Gasteiger partial charge in [0.2, 0.25) is 0 Å². The van der Waals surface area contributed by atoms with Crippen LogP contribution in [0.15, 0.2) is 40.9 Å². The number of halogens is 5. The van der Waals surface area contributed by atoms with Gasteiger partial charge in [0.25, 0.3) is 0 Å². The topological polar surface area (TPSA) is 60.9 Å². The zero-order valence-corrected chi connectivity index (χ0v) is 18.7. The molecule has 1 heterocycles. The van der Waals surface area contributed by atoms with E-state index in [1.807, 2.05) is 0 Å². The molecule has 0 fully saturated rings. The highest BCUT2D eigenvalue weighted by molar-refractivity contribution is 9.10. The maximum absolute atomic E-state index is 14.2. The number of hydrogen-bond acceptors (Lipinski definition) is 3. The van der Waals surface area contributed by atoms with E-state index in [1.165, 1.54) is 45.3 Å². The molecule has 3 rings (SSSR count). The van der Waals surface area contributed by atoms with Gasteiger partial charge in [-0.05, 0) is 35.4 Å². The van der Waals surface area contributed by atoms with Crippen molar-refractivity contribution in [1.82, 2.24) is 0 Å². The summed E-state index contributed by atoms with van der Waals surface area (Å²) < 4.78 is 69.5. The zero-order chi connectivity index (χ0) is 21.9. The molecule has 2 aromatic carbocycles. The first kappa shape index (κ1) is 22.2. The van der Waals surface area contributed by atoms with Crippen LogP contribution >= 0.6 is 27.5 Å². The molecule has 0 saturated heterocycles. The highest BCUT2D eigenvalue weighted by atomic mass is 79.9. The van der Waals surface area contributed by atoms with Crippen LogP contribution in [0.4, 0.5) is 24.5 Å². The first-order chi connectivity index (χ1) is 13.2. The molecule has 2 aromatic rings. The molecule has 2 unspecified atom stereocenters. The van der Waals surface area contributed by atoms with E-state index in [1.54, 1.807) is 0 Å². The SMILES string of the molecule is CC(c1ccc(Br)cc1Cl)C(O)(c1ccc2c(c1)N(C)S(=O)(=O)N2C)C(F)(F)F. The van der Waals surface area contributed by atoms with Crippen molar-refractivity contribution in [2.75, 3.05) is 22.7 Å². The second-order valence-corrected chi connectivity index (χ2v) is 10.1. The Morgan fingerprint density at radius 2 is 1.66 bits per heavy atom. The maximum atomic E-state index is 14.2. The predicted octanol–water partition coefficient (Wildman–Crippen LogP) is 4.79. The molecule has 0 spiro atoms. The van der Waals surface area contributed by atoms with Gasteiger partial charge < -0.3 is 5.11 Å². The minimum Gasteiger partial charge on any atom is -0.376 e. The summed E-state index contributed by atoms with van der Waals surface area (Å²) in [6, 6.07) is 7.77. The first-order valence-corrected chi connectivity index (χ1v) is 10.9. The van der Waals surface area contributed by atoms with Gasteiger partial charge in [0.15, 0.2) is 5.60 Å². The second-order valence-electron chi connectivity index (χ2n) is 6.80. The lowest BCUT2D eigenvalue weighted by Gasteiger charge is -2.37. The Labute approximate surface area is 180 Å². The molecule has 158 valence electrons. The summed E-state index contributed by atoms with van der Waals surface area (Å²) in [6.45, 7) is 1.22. The van der Waals surface area contributed by atoms with E-state index in [2.05, 4.69) is 15.9 Å². The van der Waals surface area contributed by atoms with Crippen LogP contribution in [-0.2, 0) is 15.8 Å². The van der Waals surface area contributed by atoms with Crippen molar-refractivity contribution in [2.45, 2.75) is 24.6 Å². The summed E-state index contributed by atoms with van der Waals surface area (Å²) in [5, 5.41) is 11.0. The van der Waals surface area contributed by atoms with Crippen LogP contribution < -0.4 is 8.61 Å². The molecule has 0 amide bonds. The summed E-state index contributed by atoms with van der Waals surface area (Å²) in [6.07, 6.45) is -5.06. The highest BCUT2D eigenvalue weighted by Gasteiger charge is 2.59. The molecule has 1 aliphatic heterocycles. The van der Waals surface area contributed by atoms with Crippen molar-refractivity contribution in [3.63, 3.8) is 0 Å². The summed E-state index contributed by atoms with van der Waals surface area (Å²) >= 11 is 9.34. The number of aliphatic hydroxyl groups is 1. The molecule has 0 saturated carbocycles. The Balaban J connectivity index is 2.20. The lowest BCUT2D eigenvalue weighted by atomic mass is 9.77. The second kappa shape index (κ2) is 7.04. The molecule has 2 atom stereocenters. The molecule has 0 bridgehead atoms. The van der Waals surface area contributed by atoms with E-state index in [9.17, 15) is 26.7 Å². The lowest BCUT2D eigenvalue weighted by Crippen LogP contribution is -2.46. The monoisotopic (exact) mass is 512 g/mol. The van der Waals surface area contributed by atoms with E-state index >= 15 is 0 Å². The number of anilines is 2. The van der Waals surface area contributed by atoms with E-state index in [0.29, 0.717) is 4.47 Å². The summed E-state index contributed by atoms with van der Waals surface area (Å²) in [5.41, 5.74) is -3.41. The normalized spacial score (nSPS) is 19.1. The fourth-order valence-corrected chi connectivity index (χ4v) is 5.45. The van der Waals surface area contributed by atoms with Gasteiger partial charge in [0.1, 0.15) is 0 Å². The molecule has 0 aliphatic carbocycles. The quantitative estimate of drug-likeness (QED) is 0.642. The van der Waals surface area contributed by atoms with Crippen LogP contribution in [0.3, 0.4) is 0 Å². The summed E-state index contributed by atoms with van der Waals surface area (Å²) in [4.78, 5) is 0. The Morgan fingerprint density at radius 1 is 1.07 bits per heavy atom. The van der Waals surface area contributed by atoms with Gasteiger partial charge in [0.05, 0.1) is 11.4 Å². The third-order valence-corrected chi connectivity index (χ3v) is 7.87. The van der Waals surface area contributed by atoms with Gasteiger partial charge in [0, 0.05) is 29.5 Å². The van der Waals surface area contributed by atoms with Gasteiger partial charge in [-0.15, -0.1) is 0 Å². The van der Waals surface area contributed by atoms with E-state index in [0.717, 1.165) is 20.7 Å². The molecule has 1 N–H and O–H groups in total. The average molecular weight is 514 g/mol. The number of alkyl halides is 3. The van der Waals surface area contributed by atoms with Gasteiger partial charge in [-0.2, -0.15) is 21.6 Å². The van der Waals surface area contributed by atoms with Crippen molar-refractivity contribution >= 4 is 49.1 Å². The van der Waals surface area contributed by atoms with Gasteiger partial charge in [-0.25, -0.2) is 0 Å². The largest absolute Gasteiger partial charge is 0.422 e. The number of rotatable bonds is 3. The van der Waals surface area contributed by atoms with Gasteiger partial charge in [-0.1, -0.05) is 46.6 Å². The average Bonchev–Trinajstić information content (AvgIpc) is 2.80. The highest BCUT2D eigenvalue weighted by Crippen LogP contribution is 2.52. The van der Waals surface area contributed by atoms with Crippen molar-refractivity contribution in [3.05, 3.63) is 57.0 Å². The Hall–Kier alpha value is -1.49. The van der Waals surface area contributed by atoms with Crippen molar-refractivity contribution in [1.29, 1.82) is 0 Å². The predicted molar refractivity (Wildman–Crippen MR) is 110 cm³/mol. The van der Waals surface area contributed by atoms with Crippen molar-refractivity contribution < 1.29 is 26.7 Å². The first-order valence-electron chi connectivity index (χ1n) is 8.34. The fraction of sp³-hybridized carbons (Fsp3) is 0.333. The number of fused-ring (bicyclic) bond motifs is 1. The standard InChI is InChI=1S/C18H17BrClF3N2O3S/c1-10(13-6-5-12(19)9-14(13)20)17(26,18(21,22)23)11-4-7-15-16(8-11)25(3)29(27,28)24(15)2/h4-10,26H,1-3H3. The smallest absolute Gasteiger partial charge is 0.376 e. The summed E-state index contributed by atoms with van der Waals surface area (Å²) in [5.74, 6) is -1.47. The third-order valence-electron chi connectivity index (χ3n) is 5.27. The van der Waals surface area contributed by atoms with Crippen LogP contribution in [0.25, 0.3) is 0 Å². The molecule has 1 aliphatic rings. The molecular weight excluding hydrogens is 497 g/mol. The van der Waals surface area contributed by atoms with E-state index in [4.69, 9.17) is 11.6 Å². The number of hydrogen-bond donors (Lipinski definition) is 1. The van der Waals surface area contributed by atoms with Gasteiger partial charge >= 0.3 is 16.4 Å². The number of nitrogens with zero attached hydrogens (tertiary/aromatic N) is 2. The van der Waals surface area contributed by atoms with Crippen LogP contribution in [0.5, 0.6) is 0 Å². The lowest BCUT2D eigenvalue weighted by molar-refractivity contribution is -0.274. The minimum atomic E-state index is -5.06. The minimum absolute atomic E-state index is 0.0433. The third kappa shape index (κ3) is 3.30. The summed E-state index contributed by atoms with van der Waals surface area (Å²) in [7, 11) is -1.32. The molecule has 0 aromatic heterocycles. The molecule has 0 radical (unpaired) electrons. The van der Waals surface area contributed by atoms with Crippen LogP contribution in [0.1, 0.15) is 24.0 Å². The molecule has 5 nitrogen and oxygen atoms in total. The number of benzene rings is 2. The fourth-order valence-electron chi connectivity index (χ4n) is 3.45. The van der Waals surface area contributed by atoms with Crippen LogP contribution in [0.2, 0.25) is 5.02 Å². The zero-order valence-electron chi connectivity index (χ0n) is 15.5.